The van der Waals surface area contributed by atoms with Crippen LogP contribution in [0.2, 0.25) is 0 Å². The highest BCUT2D eigenvalue weighted by atomic mass is 16.7. The maximum Gasteiger partial charge on any atom is 0.303 e. The smallest absolute Gasteiger partial charge is 0.303 e. The molecule has 224 valence electrons. The average Bonchev–Trinajstić information content (AvgIpc) is 2.85. The van der Waals surface area contributed by atoms with Gasteiger partial charge in [0.1, 0.15) is 24.2 Å². The Morgan fingerprint density at radius 2 is 1.38 bits per heavy atom. The van der Waals surface area contributed by atoms with Crippen LogP contribution in [0.3, 0.4) is 0 Å². The summed E-state index contributed by atoms with van der Waals surface area (Å²) in [4.78, 5) is 47.7. The minimum Gasteiger partial charge on any atom is -0.493 e. The molecule has 1 aliphatic heterocycles. The molecule has 0 radical (unpaired) electrons. The van der Waals surface area contributed by atoms with Gasteiger partial charge in [0.2, 0.25) is 12.4 Å². The molecule has 11 heteroatoms. The molecule has 0 saturated carbocycles. The first-order valence-electron chi connectivity index (χ1n) is 13.6. The van der Waals surface area contributed by atoms with Crippen molar-refractivity contribution in [3.63, 3.8) is 0 Å². The highest BCUT2D eigenvalue weighted by Gasteiger charge is 2.53. The maximum absolute atomic E-state index is 12.1. The van der Waals surface area contributed by atoms with E-state index >= 15 is 0 Å². The van der Waals surface area contributed by atoms with Crippen LogP contribution in [-0.4, -0.2) is 67.8 Å². The van der Waals surface area contributed by atoms with Gasteiger partial charge in [-0.15, -0.1) is 0 Å². The lowest BCUT2D eigenvalue weighted by Crippen LogP contribution is -2.63. The zero-order valence-electron chi connectivity index (χ0n) is 24.7. The fraction of sp³-hybridized carbons (Fsp3) is 0.655. The first kappa shape index (κ1) is 32.9. The Balaban J connectivity index is 2.45. The molecular weight excluding hydrogens is 524 g/mol. The number of unbranched alkanes of at least 4 members (excludes halogenated alkanes) is 3. The van der Waals surface area contributed by atoms with Crippen molar-refractivity contribution in [2.45, 2.75) is 112 Å². The average molecular weight is 567 g/mol. The number of ether oxygens (including phenoxy) is 7. The van der Waals surface area contributed by atoms with Crippen LogP contribution in [0, 0.1) is 20.8 Å². The Kier molecular flexibility index (Phi) is 12.7. The second-order valence-corrected chi connectivity index (χ2v) is 9.87. The summed E-state index contributed by atoms with van der Waals surface area (Å²) in [5.41, 5.74) is 2.37. The van der Waals surface area contributed by atoms with Gasteiger partial charge in [0.25, 0.3) is 0 Å². The van der Waals surface area contributed by atoms with Crippen LogP contribution in [0.4, 0.5) is 0 Å². The van der Waals surface area contributed by atoms with E-state index < -0.39 is 54.6 Å². The third-order valence-corrected chi connectivity index (χ3v) is 6.42. The number of carbonyl (C=O) groups excluding carboxylic acids is 4. The molecule has 1 aromatic rings. The second-order valence-electron chi connectivity index (χ2n) is 9.87. The third-order valence-electron chi connectivity index (χ3n) is 6.42. The number of aryl methyl sites for hydroxylation is 1. The standard InChI is InChI=1S/C29H42O11/c1-9-10-11-12-13-34-23-14-16(2)25(18(4)17(23)3)40-29-28(38-22(8)33)27(37-21(7)32)26(36-20(6)31)24(39-29)15-35-19(5)30/h14,24,26-29H,9-13,15H2,1-8H3/t24-,26-,27+,28-,29-/m1/s1. The molecule has 1 saturated heterocycles. The van der Waals surface area contributed by atoms with E-state index in [9.17, 15) is 19.2 Å². The Hall–Kier alpha value is -3.34. The van der Waals surface area contributed by atoms with E-state index in [0.717, 1.165) is 48.1 Å². The molecular formula is C29H42O11. The van der Waals surface area contributed by atoms with Gasteiger partial charge in [-0.25, -0.2) is 0 Å². The van der Waals surface area contributed by atoms with Crippen molar-refractivity contribution in [2.75, 3.05) is 13.2 Å². The van der Waals surface area contributed by atoms with E-state index in [1.54, 1.807) is 0 Å². The van der Waals surface area contributed by atoms with Crippen molar-refractivity contribution >= 4 is 23.9 Å². The normalized spacial score (nSPS) is 22.1. The van der Waals surface area contributed by atoms with Crippen LogP contribution in [0.1, 0.15) is 77.0 Å². The number of esters is 4. The van der Waals surface area contributed by atoms with Gasteiger partial charge in [0, 0.05) is 27.7 Å². The summed E-state index contributed by atoms with van der Waals surface area (Å²) in [6.45, 7) is 12.8. The van der Waals surface area contributed by atoms with E-state index in [2.05, 4.69) is 6.92 Å². The van der Waals surface area contributed by atoms with Crippen LogP contribution in [0.25, 0.3) is 0 Å². The first-order valence-corrected chi connectivity index (χ1v) is 13.6. The van der Waals surface area contributed by atoms with Crippen LogP contribution in [-0.2, 0) is 42.9 Å². The lowest BCUT2D eigenvalue weighted by atomic mass is 9.97. The van der Waals surface area contributed by atoms with Gasteiger partial charge in [0.05, 0.1) is 6.61 Å². The number of carbonyl (C=O) groups is 4. The van der Waals surface area contributed by atoms with Gasteiger partial charge in [-0.2, -0.15) is 0 Å². The predicted octanol–water partition coefficient (Wildman–Crippen LogP) is 4.03. The fourth-order valence-electron chi connectivity index (χ4n) is 4.46. The monoisotopic (exact) mass is 566 g/mol. The van der Waals surface area contributed by atoms with Crippen molar-refractivity contribution < 1.29 is 52.3 Å². The quantitative estimate of drug-likeness (QED) is 0.195. The van der Waals surface area contributed by atoms with Crippen molar-refractivity contribution in [2.24, 2.45) is 0 Å². The highest BCUT2D eigenvalue weighted by molar-refractivity contribution is 5.68. The molecule has 0 amide bonds. The van der Waals surface area contributed by atoms with Gasteiger partial charge in [-0.05, 0) is 49.9 Å². The molecule has 1 aromatic carbocycles. The van der Waals surface area contributed by atoms with E-state index in [-0.39, 0.29) is 6.61 Å². The number of rotatable bonds is 13. The summed E-state index contributed by atoms with van der Waals surface area (Å²) in [5.74, 6) is -1.52. The van der Waals surface area contributed by atoms with E-state index in [1.165, 1.54) is 27.7 Å². The lowest BCUT2D eigenvalue weighted by molar-refractivity contribution is -0.288. The summed E-state index contributed by atoms with van der Waals surface area (Å²) < 4.78 is 39.9. The Morgan fingerprint density at radius 3 is 1.95 bits per heavy atom. The topological polar surface area (TPSA) is 133 Å². The van der Waals surface area contributed by atoms with Crippen molar-refractivity contribution in [3.8, 4) is 11.5 Å². The summed E-state index contributed by atoms with van der Waals surface area (Å²) in [7, 11) is 0. The fourth-order valence-corrected chi connectivity index (χ4v) is 4.46. The highest BCUT2D eigenvalue weighted by Crippen LogP contribution is 2.37. The van der Waals surface area contributed by atoms with Gasteiger partial charge < -0.3 is 33.2 Å². The SMILES string of the molecule is CCCCCCOc1cc(C)c(O[C@H]2O[C@H](COC(C)=O)[C@@H](OC(C)=O)[C@H](OC(C)=O)[C@H]2OC(C)=O)c(C)c1C. The van der Waals surface area contributed by atoms with Crippen LogP contribution in [0.5, 0.6) is 11.5 Å². The second kappa shape index (κ2) is 15.4. The van der Waals surface area contributed by atoms with Gasteiger partial charge >= 0.3 is 23.9 Å². The van der Waals surface area contributed by atoms with Crippen LogP contribution >= 0.6 is 0 Å². The number of hydrogen-bond donors (Lipinski definition) is 0. The van der Waals surface area contributed by atoms with E-state index in [4.69, 9.17) is 33.2 Å². The minimum atomic E-state index is -1.31. The summed E-state index contributed by atoms with van der Waals surface area (Å²) in [6.07, 6.45) is -1.93. The van der Waals surface area contributed by atoms with Crippen molar-refractivity contribution in [1.82, 2.24) is 0 Å². The molecule has 1 aliphatic rings. The molecule has 0 unspecified atom stereocenters. The molecule has 0 N–H and O–H groups in total. The molecule has 5 atom stereocenters. The van der Waals surface area contributed by atoms with Crippen LogP contribution < -0.4 is 9.47 Å². The lowest BCUT2D eigenvalue weighted by Gasteiger charge is -2.44. The molecule has 0 aromatic heterocycles. The Morgan fingerprint density at radius 1 is 0.775 bits per heavy atom. The maximum atomic E-state index is 12.1. The third kappa shape index (κ3) is 9.39. The predicted molar refractivity (Wildman–Crippen MR) is 143 cm³/mol. The van der Waals surface area contributed by atoms with E-state index in [1.807, 2.05) is 26.8 Å². The molecule has 0 aliphatic carbocycles. The van der Waals surface area contributed by atoms with Gasteiger partial charge in [-0.3, -0.25) is 19.2 Å². The summed E-state index contributed by atoms with van der Waals surface area (Å²) >= 11 is 0. The summed E-state index contributed by atoms with van der Waals surface area (Å²) in [5, 5.41) is 0. The van der Waals surface area contributed by atoms with Crippen molar-refractivity contribution in [3.05, 3.63) is 22.8 Å². The zero-order valence-corrected chi connectivity index (χ0v) is 24.7. The molecule has 40 heavy (non-hydrogen) atoms. The largest absolute Gasteiger partial charge is 0.493 e. The molecule has 1 fully saturated rings. The molecule has 0 bridgehead atoms. The van der Waals surface area contributed by atoms with E-state index in [0.29, 0.717) is 12.4 Å². The number of hydrogen-bond acceptors (Lipinski definition) is 11. The summed E-state index contributed by atoms with van der Waals surface area (Å²) in [6, 6.07) is 1.86. The Bertz CT molecular complexity index is 1050. The van der Waals surface area contributed by atoms with Crippen molar-refractivity contribution in [1.29, 1.82) is 0 Å². The molecule has 11 nitrogen and oxygen atoms in total. The Labute approximate surface area is 235 Å². The van der Waals surface area contributed by atoms with Gasteiger partial charge in [-0.1, -0.05) is 26.2 Å². The zero-order chi connectivity index (χ0) is 30.0. The molecule has 0 spiro atoms. The van der Waals surface area contributed by atoms with Crippen LogP contribution in [0.15, 0.2) is 6.07 Å². The first-order chi connectivity index (χ1) is 18.8. The van der Waals surface area contributed by atoms with Gasteiger partial charge in [0.15, 0.2) is 12.2 Å². The molecule has 1 heterocycles. The molecule has 2 rings (SSSR count). The number of benzene rings is 1. The minimum absolute atomic E-state index is 0.334.